The quantitative estimate of drug-likeness (QED) is 0.312. The molecule has 164 valence electrons. The van der Waals surface area contributed by atoms with Crippen molar-refractivity contribution in [3.05, 3.63) is 0 Å². The predicted octanol–water partition coefficient (Wildman–Crippen LogP) is 1.92. The summed E-state index contributed by atoms with van der Waals surface area (Å²) in [6, 6.07) is 0.886. The molecule has 0 aromatic carbocycles. The van der Waals surface area contributed by atoms with Crippen LogP contribution in [0.4, 0.5) is 0 Å². The van der Waals surface area contributed by atoms with Gasteiger partial charge in [-0.2, -0.15) is 0 Å². The molecule has 2 rings (SSSR count). The highest BCUT2D eigenvalue weighted by Crippen LogP contribution is 2.17. The van der Waals surface area contributed by atoms with Gasteiger partial charge in [-0.15, -0.1) is 24.0 Å². The third kappa shape index (κ3) is 8.82. The number of aliphatic imine (C=N–C) groups is 1. The molecule has 0 radical (unpaired) electrons. The first-order valence-corrected chi connectivity index (χ1v) is 10.5. The second kappa shape index (κ2) is 13.6. The number of nitrogens with one attached hydrogen (secondary N) is 2. The molecule has 0 bridgehead atoms. The first kappa shape index (κ1) is 25.4. The monoisotopic (exact) mass is 509 g/mol. The van der Waals surface area contributed by atoms with Gasteiger partial charge >= 0.3 is 0 Å². The lowest BCUT2D eigenvalue weighted by Crippen LogP contribution is -2.53. The van der Waals surface area contributed by atoms with Crippen LogP contribution in [0.5, 0.6) is 0 Å². The zero-order valence-electron chi connectivity index (χ0n) is 18.1. The Morgan fingerprint density at radius 1 is 1.18 bits per heavy atom. The lowest BCUT2D eigenvalue weighted by molar-refractivity contribution is -0.127. The Morgan fingerprint density at radius 2 is 1.82 bits per heavy atom. The van der Waals surface area contributed by atoms with E-state index in [2.05, 4.69) is 34.4 Å². The molecule has 2 fully saturated rings. The highest BCUT2D eigenvalue weighted by molar-refractivity contribution is 14.0. The Balaban J connectivity index is 0.00000392. The number of amides is 1. The molecular formula is C20H40IN5O2. The van der Waals surface area contributed by atoms with E-state index >= 15 is 0 Å². The van der Waals surface area contributed by atoms with Crippen molar-refractivity contribution in [1.29, 1.82) is 0 Å². The molecule has 1 atom stereocenters. The van der Waals surface area contributed by atoms with E-state index in [0.717, 1.165) is 38.8 Å². The van der Waals surface area contributed by atoms with Crippen LogP contribution in [0.25, 0.3) is 0 Å². The first-order chi connectivity index (χ1) is 13.0. The maximum absolute atomic E-state index is 12.0. The van der Waals surface area contributed by atoms with Crippen molar-refractivity contribution in [2.24, 2.45) is 10.9 Å². The molecule has 2 aliphatic rings. The van der Waals surface area contributed by atoms with Gasteiger partial charge in [0.05, 0.1) is 13.2 Å². The number of morpholine rings is 1. The average molecular weight is 509 g/mol. The molecule has 0 spiro atoms. The molecular weight excluding hydrogens is 469 g/mol. The average Bonchev–Trinajstić information content (AvgIpc) is 2.67. The summed E-state index contributed by atoms with van der Waals surface area (Å²) in [5, 5.41) is 7.10. The van der Waals surface area contributed by atoms with Crippen molar-refractivity contribution in [1.82, 2.24) is 20.4 Å². The van der Waals surface area contributed by atoms with E-state index in [-0.39, 0.29) is 36.4 Å². The van der Waals surface area contributed by atoms with Gasteiger partial charge < -0.3 is 20.3 Å². The summed E-state index contributed by atoms with van der Waals surface area (Å²) < 4.78 is 5.50. The number of guanidine groups is 1. The van der Waals surface area contributed by atoms with E-state index in [1.54, 1.807) is 19.0 Å². The van der Waals surface area contributed by atoms with Crippen LogP contribution in [0.15, 0.2) is 4.99 Å². The van der Waals surface area contributed by atoms with Crippen molar-refractivity contribution in [2.75, 3.05) is 53.5 Å². The van der Waals surface area contributed by atoms with Crippen LogP contribution in [-0.2, 0) is 9.53 Å². The van der Waals surface area contributed by atoms with Gasteiger partial charge in [0.25, 0.3) is 0 Å². The minimum Gasteiger partial charge on any atom is -0.379 e. The number of carbonyl (C=O) groups is 1. The largest absolute Gasteiger partial charge is 0.379 e. The SMILES string of the molecule is CC(C)C(CNC(=NCC(=O)N(C)C)NC1CCCCC1)N1CCOCC1.I. The molecule has 1 heterocycles. The van der Waals surface area contributed by atoms with Gasteiger partial charge in [0.1, 0.15) is 6.54 Å². The van der Waals surface area contributed by atoms with Crippen LogP contribution in [0.2, 0.25) is 0 Å². The summed E-state index contributed by atoms with van der Waals surface area (Å²) in [4.78, 5) is 20.6. The summed E-state index contributed by atoms with van der Waals surface area (Å²) in [5.74, 6) is 1.33. The lowest BCUT2D eigenvalue weighted by Gasteiger charge is -2.37. The molecule has 1 saturated carbocycles. The predicted molar refractivity (Wildman–Crippen MR) is 125 cm³/mol. The Kier molecular flexibility index (Phi) is 12.3. The molecule has 0 aromatic heterocycles. The fourth-order valence-electron chi connectivity index (χ4n) is 3.78. The molecule has 1 saturated heterocycles. The third-order valence-electron chi connectivity index (χ3n) is 5.58. The molecule has 1 aliphatic carbocycles. The smallest absolute Gasteiger partial charge is 0.243 e. The van der Waals surface area contributed by atoms with Gasteiger partial charge in [-0.05, 0) is 18.8 Å². The van der Waals surface area contributed by atoms with Gasteiger partial charge in [-0.3, -0.25) is 9.69 Å². The molecule has 28 heavy (non-hydrogen) atoms. The van der Waals surface area contributed by atoms with Crippen LogP contribution in [-0.4, -0.2) is 87.2 Å². The molecule has 2 N–H and O–H groups in total. The van der Waals surface area contributed by atoms with E-state index in [9.17, 15) is 4.79 Å². The number of likely N-dealkylation sites (N-methyl/N-ethyl adjacent to an activating group) is 1. The van der Waals surface area contributed by atoms with Crippen molar-refractivity contribution in [3.63, 3.8) is 0 Å². The van der Waals surface area contributed by atoms with Crippen molar-refractivity contribution >= 4 is 35.8 Å². The van der Waals surface area contributed by atoms with Gasteiger partial charge in [0.15, 0.2) is 5.96 Å². The van der Waals surface area contributed by atoms with Crippen molar-refractivity contribution in [2.45, 2.75) is 58.0 Å². The number of hydrogen-bond donors (Lipinski definition) is 2. The molecule has 0 aromatic rings. The highest BCUT2D eigenvalue weighted by Gasteiger charge is 2.24. The lowest BCUT2D eigenvalue weighted by atomic mass is 9.96. The van der Waals surface area contributed by atoms with Crippen LogP contribution < -0.4 is 10.6 Å². The van der Waals surface area contributed by atoms with Crippen LogP contribution >= 0.6 is 24.0 Å². The third-order valence-corrected chi connectivity index (χ3v) is 5.58. The van der Waals surface area contributed by atoms with E-state index in [1.165, 1.54) is 32.1 Å². The van der Waals surface area contributed by atoms with E-state index in [4.69, 9.17) is 4.74 Å². The Bertz CT molecular complexity index is 475. The number of nitrogens with zero attached hydrogens (tertiary/aromatic N) is 3. The Morgan fingerprint density at radius 3 is 2.39 bits per heavy atom. The van der Waals surface area contributed by atoms with Crippen molar-refractivity contribution in [3.8, 4) is 0 Å². The van der Waals surface area contributed by atoms with Crippen LogP contribution in [0, 0.1) is 5.92 Å². The number of hydrogen-bond acceptors (Lipinski definition) is 4. The standard InChI is InChI=1S/C20H39N5O2.HI/c1-16(2)18(25-10-12-27-13-11-25)14-21-20(22-15-19(26)24(3)4)23-17-8-6-5-7-9-17;/h16-18H,5-15H2,1-4H3,(H2,21,22,23);1H. The maximum atomic E-state index is 12.0. The first-order valence-electron chi connectivity index (χ1n) is 10.5. The summed E-state index contributed by atoms with van der Waals surface area (Å²) in [5.41, 5.74) is 0. The van der Waals surface area contributed by atoms with Crippen molar-refractivity contribution < 1.29 is 9.53 Å². The topological polar surface area (TPSA) is 69.2 Å². The van der Waals surface area contributed by atoms with E-state index in [0.29, 0.717) is 18.0 Å². The summed E-state index contributed by atoms with van der Waals surface area (Å²) in [6.45, 7) is 9.11. The Hall–Kier alpha value is -0.610. The summed E-state index contributed by atoms with van der Waals surface area (Å²) in [7, 11) is 3.54. The van der Waals surface area contributed by atoms with Gasteiger partial charge in [0.2, 0.25) is 5.91 Å². The maximum Gasteiger partial charge on any atom is 0.243 e. The summed E-state index contributed by atoms with van der Waals surface area (Å²) >= 11 is 0. The second-order valence-corrected chi connectivity index (χ2v) is 8.27. The normalized spacial score (nSPS) is 20.4. The molecule has 1 aliphatic heterocycles. The van der Waals surface area contributed by atoms with E-state index < -0.39 is 0 Å². The molecule has 8 heteroatoms. The van der Waals surface area contributed by atoms with Gasteiger partial charge in [-0.25, -0.2) is 4.99 Å². The van der Waals surface area contributed by atoms with Gasteiger partial charge in [-0.1, -0.05) is 33.1 Å². The Labute approximate surface area is 188 Å². The fraction of sp³-hybridized carbons (Fsp3) is 0.900. The number of rotatable bonds is 7. The summed E-state index contributed by atoms with van der Waals surface area (Å²) in [6.07, 6.45) is 6.22. The van der Waals surface area contributed by atoms with E-state index in [1.807, 2.05) is 0 Å². The number of halogens is 1. The highest BCUT2D eigenvalue weighted by atomic mass is 127. The van der Waals surface area contributed by atoms with Gasteiger partial charge in [0, 0.05) is 45.8 Å². The number of carbonyl (C=O) groups excluding carboxylic acids is 1. The molecule has 1 unspecified atom stereocenters. The second-order valence-electron chi connectivity index (χ2n) is 8.27. The van der Waals surface area contributed by atoms with Crippen LogP contribution in [0.3, 0.4) is 0 Å². The minimum absolute atomic E-state index is 0. The van der Waals surface area contributed by atoms with Crippen LogP contribution in [0.1, 0.15) is 46.0 Å². The number of ether oxygens (including phenoxy) is 1. The minimum atomic E-state index is 0. The molecule has 7 nitrogen and oxygen atoms in total. The zero-order chi connectivity index (χ0) is 19.6. The zero-order valence-corrected chi connectivity index (χ0v) is 20.4. The molecule has 1 amide bonds. The fourth-order valence-corrected chi connectivity index (χ4v) is 3.78.